The SMILES string of the molecule is COc1ccc(-c2noc(N3CCC(C(=O)NC(CO)c4ccccc4)CC3)n2)cc1. The van der Waals surface area contributed by atoms with Crippen molar-refractivity contribution in [1.29, 1.82) is 0 Å². The zero-order valence-electron chi connectivity index (χ0n) is 17.4. The summed E-state index contributed by atoms with van der Waals surface area (Å²) in [4.78, 5) is 19.2. The van der Waals surface area contributed by atoms with Crippen LogP contribution in [0.1, 0.15) is 24.4 Å². The molecule has 1 amide bonds. The van der Waals surface area contributed by atoms with Gasteiger partial charge < -0.3 is 24.6 Å². The number of piperidine rings is 1. The third-order valence-electron chi connectivity index (χ3n) is 5.60. The number of nitrogens with zero attached hydrogens (tertiary/aromatic N) is 3. The quantitative estimate of drug-likeness (QED) is 0.604. The number of rotatable bonds is 7. The average molecular weight is 422 g/mol. The van der Waals surface area contributed by atoms with Gasteiger partial charge in [0.2, 0.25) is 11.7 Å². The topological polar surface area (TPSA) is 101 Å². The molecule has 1 unspecified atom stereocenters. The maximum Gasteiger partial charge on any atom is 0.324 e. The summed E-state index contributed by atoms with van der Waals surface area (Å²) in [5.41, 5.74) is 1.74. The maximum atomic E-state index is 12.7. The fourth-order valence-corrected chi connectivity index (χ4v) is 3.74. The number of ether oxygens (including phenoxy) is 1. The molecule has 2 heterocycles. The average Bonchev–Trinajstić information content (AvgIpc) is 3.33. The van der Waals surface area contributed by atoms with E-state index in [1.165, 1.54) is 0 Å². The number of benzene rings is 2. The van der Waals surface area contributed by atoms with Gasteiger partial charge in [-0.25, -0.2) is 0 Å². The molecular weight excluding hydrogens is 396 g/mol. The molecule has 1 saturated heterocycles. The summed E-state index contributed by atoms with van der Waals surface area (Å²) in [7, 11) is 1.62. The van der Waals surface area contributed by atoms with Gasteiger partial charge in [-0.15, -0.1) is 0 Å². The summed E-state index contributed by atoms with van der Waals surface area (Å²) in [6.07, 6.45) is 1.36. The molecule has 0 spiro atoms. The number of methoxy groups -OCH3 is 1. The Kier molecular flexibility index (Phi) is 6.47. The molecular formula is C23H26N4O4. The lowest BCUT2D eigenvalue weighted by molar-refractivity contribution is -0.126. The highest BCUT2D eigenvalue weighted by Gasteiger charge is 2.29. The van der Waals surface area contributed by atoms with E-state index < -0.39 is 6.04 Å². The monoisotopic (exact) mass is 422 g/mol. The maximum absolute atomic E-state index is 12.7. The first-order valence-corrected chi connectivity index (χ1v) is 10.4. The van der Waals surface area contributed by atoms with E-state index in [1.54, 1.807) is 7.11 Å². The standard InChI is InChI=1S/C23H26N4O4/c1-30-19-9-7-17(8-10-19)21-25-23(31-26-21)27-13-11-18(12-14-27)22(29)24-20(15-28)16-5-3-2-4-6-16/h2-10,18,20,28H,11-15H2,1H3,(H,24,29). The first-order chi connectivity index (χ1) is 15.2. The molecule has 162 valence electrons. The first-order valence-electron chi connectivity index (χ1n) is 10.4. The lowest BCUT2D eigenvalue weighted by Gasteiger charge is -2.30. The molecule has 31 heavy (non-hydrogen) atoms. The van der Waals surface area contributed by atoms with Crippen LogP contribution in [0.4, 0.5) is 6.01 Å². The predicted octanol–water partition coefficient (Wildman–Crippen LogP) is 2.81. The van der Waals surface area contributed by atoms with Crippen molar-refractivity contribution in [3.8, 4) is 17.1 Å². The highest BCUT2D eigenvalue weighted by atomic mass is 16.5. The molecule has 4 rings (SSSR count). The second-order valence-electron chi connectivity index (χ2n) is 7.54. The highest BCUT2D eigenvalue weighted by Crippen LogP contribution is 2.26. The Labute approximate surface area is 180 Å². The third kappa shape index (κ3) is 4.86. The van der Waals surface area contributed by atoms with Crippen molar-refractivity contribution in [1.82, 2.24) is 15.5 Å². The third-order valence-corrected chi connectivity index (χ3v) is 5.60. The predicted molar refractivity (Wildman–Crippen MR) is 116 cm³/mol. The number of hydrogen-bond acceptors (Lipinski definition) is 7. The van der Waals surface area contributed by atoms with E-state index >= 15 is 0 Å². The molecule has 0 aliphatic carbocycles. The number of anilines is 1. The number of aliphatic hydroxyl groups is 1. The van der Waals surface area contributed by atoms with Crippen molar-refractivity contribution in [2.75, 3.05) is 31.7 Å². The summed E-state index contributed by atoms with van der Waals surface area (Å²) >= 11 is 0. The Morgan fingerprint density at radius 3 is 2.55 bits per heavy atom. The van der Waals surface area contributed by atoms with Crippen LogP contribution < -0.4 is 15.0 Å². The Balaban J connectivity index is 1.33. The van der Waals surface area contributed by atoms with Crippen LogP contribution in [-0.2, 0) is 4.79 Å². The number of carbonyl (C=O) groups excluding carboxylic acids is 1. The Morgan fingerprint density at radius 1 is 1.19 bits per heavy atom. The van der Waals surface area contributed by atoms with Crippen LogP contribution in [0.15, 0.2) is 59.1 Å². The smallest absolute Gasteiger partial charge is 0.324 e. The molecule has 2 N–H and O–H groups in total. The molecule has 1 aromatic heterocycles. The normalized spacial score (nSPS) is 15.5. The molecule has 0 bridgehead atoms. The molecule has 8 nitrogen and oxygen atoms in total. The van der Waals surface area contributed by atoms with Gasteiger partial charge in [-0.05, 0) is 42.7 Å². The summed E-state index contributed by atoms with van der Waals surface area (Å²) in [5, 5.41) is 16.7. The van der Waals surface area contributed by atoms with E-state index in [4.69, 9.17) is 9.26 Å². The van der Waals surface area contributed by atoms with Crippen molar-refractivity contribution in [3.05, 3.63) is 60.2 Å². The number of aliphatic hydroxyl groups excluding tert-OH is 1. The number of amides is 1. The van der Waals surface area contributed by atoms with Crippen molar-refractivity contribution < 1.29 is 19.2 Å². The summed E-state index contributed by atoms with van der Waals surface area (Å²) in [6.45, 7) is 1.17. The van der Waals surface area contributed by atoms with Gasteiger partial charge in [0.1, 0.15) is 5.75 Å². The fourth-order valence-electron chi connectivity index (χ4n) is 3.74. The summed E-state index contributed by atoms with van der Waals surface area (Å²) in [6, 6.07) is 17.0. The number of aromatic nitrogens is 2. The minimum atomic E-state index is -0.394. The molecule has 1 atom stereocenters. The number of hydrogen-bond donors (Lipinski definition) is 2. The van der Waals surface area contributed by atoms with Gasteiger partial charge in [-0.2, -0.15) is 4.98 Å². The number of nitrogens with one attached hydrogen (secondary N) is 1. The van der Waals surface area contributed by atoms with E-state index in [9.17, 15) is 9.90 Å². The molecule has 1 fully saturated rings. The van der Waals surface area contributed by atoms with E-state index in [2.05, 4.69) is 15.5 Å². The van der Waals surface area contributed by atoms with Crippen LogP contribution in [0.25, 0.3) is 11.4 Å². The number of carbonyl (C=O) groups is 1. The summed E-state index contributed by atoms with van der Waals surface area (Å²) in [5.74, 6) is 1.14. The van der Waals surface area contributed by atoms with Crippen molar-refractivity contribution in [2.45, 2.75) is 18.9 Å². The van der Waals surface area contributed by atoms with Crippen LogP contribution >= 0.6 is 0 Å². The Bertz CT molecular complexity index is 982. The molecule has 0 radical (unpaired) electrons. The lowest BCUT2D eigenvalue weighted by Crippen LogP contribution is -2.42. The van der Waals surface area contributed by atoms with Crippen LogP contribution in [0.3, 0.4) is 0 Å². The van der Waals surface area contributed by atoms with Crippen molar-refractivity contribution in [3.63, 3.8) is 0 Å². The minimum absolute atomic E-state index is 0.0352. The van der Waals surface area contributed by atoms with E-state index in [0.717, 1.165) is 16.9 Å². The lowest BCUT2D eigenvalue weighted by atomic mass is 9.95. The molecule has 1 aliphatic heterocycles. The van der Waals surface area contributed by atoms with Gasteiger partial charge in [0.25, 0.3) is 0 Å². The van der Waals surface area contributed by atoms with Gasteiger partial charge in [0.15, 0.2) is 0 Å². The molecule has 8 heteroatoms. The zero-order valence-corrected chi connectivity index (χ0v) is 17.4. The van der Waals surface area contributed by atoms with Gasteiger partial charge in [0.05, 0.1) is 19.8 Å². The van der Waals surface area contributed by atoms with Crippen LogP contribution in [-0.4, -0.2) is 48.0 Å². The van der Waals surface area contributed by atoms with Crippen molar-refractivity contribution >= 4 is 11.9 Å². The fraction of sp³-hybridized carbons (Fsp3) is 0.348. The van der Waals surface area contributed by atoms with Crippen molar-refractivity contribution in [2.24, 2.45) is 5.92 Å². The molecule has 2 aromatic carbocycles. The van der Waals surface area contributed by atoms with Gasteiger partial charge in [-0.3, -0.25) is 4.79 Å². The first kappa shape index (κ1) is 20.9. The molecule has 0 saturated carbocycles. The second-order valence-corrected chi connectivity index (χ2v) is 7.54. The van der Waals surface area contributed by atoms with Crippen LogP contribution in [0.5, 0.6) is 5.75 Å². The summed E-state index contributed by atoms with van der Waals surface area (Å²) < 4.78 is 10.6. The Morgan fingerprint density at radius 2 is 1.90 bits per heavy atom. The van der Waals surface area contributed by atoms with E-state index in [-0.39, 0.29) is 18.4 Å². The second kappa shape index (κ2) is 9.61. The molecule has 1 aliphatic rings. The Hall–Kier alpha value is -3.39. The van der Waals surface area contributed by atoms with Crippen LogP contribution in [0.2, 0.25) is 0 Å². The minimum Gasteiger partial charge on any atom is -0.497 e. The largest absolute Gasteiger partial charge is 0.497 e. The highest BCUT2D eigenvalue weighted by molar-refractivity contribution is 5.79. The van der Waals surface area contributed by atoms with E-state index in [0.29, 0.717) is 37.8 Å². The van der Waals surface area contributed by atoms with Crippen LogP contribution in [0, 0.1) is 5.92 Å². The van der Waals surface area contributed by atoms with Gasteiger partial charge in [-0.1, -0.05) is 35.5 Å². The zero-order chi connectivity index (χ0) is 21.6. The van der Waals surface area contributed by atoms with Gasteiger partial charge in [0, 0.05) is 24.6 Å². The molecule has 3 aromatic rings. The van der Waals surface area contributed by atoms with E-state index in [1.807, 2.05) is 59.5 Å². The van der Waals surface area contributed by atoms with Gasteiger partial charge >= 0.3 is 6.01 Å².